The van der Waals surface area contributed by atoms with Crippen LogP contribution < -0.4 is 4.89 Å². The lowest BCUT2D eigenvalue weighted by Crippen LogP contribution is -2.37. The highest BCUT2D eigenvalue weighted by atomic mass is 31.2. The summed E-state index contributed by atoms with van der Waals surface area (Å²) in [6, 6.07) is 0. The van der Waals surface area contributed by atoms with Crippen LogP contribution in [0.5, 0.6) is 0 Å². The second-order valence-electron chi connectivity index (χ2n) is 15.7. The van der Waals surface area contributed by atoms with Gasteiger partial charge in [-0.3, -0.25) is 9.36 Å². The molecule has 0 heterocycles. The molecule has 0 amide bonds. The normalized spacial score (nSPS) is 14.3. The third-order valence-corrected chi connectivity index (χ3v) is 10.1. The van der Waals surface area contributed by atoms with Crippen LogP contribution in [0.15, 0.2) is 48.6 Å². The number of esters is 1. The Morgan fingerprint density at radius 3 is 1.56 bits per heavy atom. The Kier molecular flexibility index (Phi) is 37.2. The topological polar surface area (TPSA) is 94.1 Å². The highest BCUT2D eigenvalue weighted by Gasteiger charge is 2.20. The van der Waals surface area contributed by atoms with Crippen LogP contribution in [0.2, 0.25) is 0 Å². The predicted molar refractivity (Wildman–Crippen MR) is 226 cm³/mol. The molecule has 0 bridgehead atoms. The van der Waals surface area contributed by atoms with Crippen molar-refractivity contribution in [3.05, 3.63) is 48.6 Å². The average molecular weight is 782 g/mol. The average Bonchev–Trinajstić information content (AvgIpc) is 3.12. The minimum absolute atomic E-state index is 0.0205. The van der Waals surface area contributed by atoms with Gasteiger partial charge in [0.05, 0.1) is 34.4 Å². The molecule has 9 heteroatoms. The quantitative estimate of drug-likeness (QED) is 0.0201. The number of ether oxygens (including phenoxy) is 2. The molecule has 0 saturated carbocycles. The Balaban J connectivity index is 4.26. The van der Waals surface area contributed by atoms with Gasteiger partial charge in [-0.2, -0.15) is 0 Å². The Morgan fingerprint density at radius 2 is 1.04 bits per heavy atom. The summed E-state index contributed by atoms with van der Waals surface area (Å²) in [7, 11) is 1.34. The SMILES string of the molecule is CCCC/C=C\C/C=C\CCCCCCCC(=O)OC(COCCCCCCCCCC/C=C\C/C=C\CCCCC)COP(=O)([O-])OCC[N+](C)(C)C. The van der Waals surface area contributed by atoms with Crippen molar-refractivity contribution in [3.8, 4) is 0 Å². The molecular weight excluding hydrogens is 697 g/mol. The largest absolute Gasteiger partial charge is 0.756 e. The van der Waals surface area contributed by atoms with Gasteiger partial charge in [-0.15, -0.1) is 0 Å². The Hall–Kier alpha value is -1.54. The first-order chi connectivity index (χ1) is 26.1. The van der Waals surface area contributed by atoms with Crippen molar-refractivity contribution < 1.29 is 37.3 Å². The molecule has 0 aromatic heterocycles. The van der Waals surface area contributed by atoms with E-state index in [1.54, 1.807) is 0 Å². The number of carbonyl (C=O) groups is 1. The number of hydrogen-bond acceptors (Lipinski definition) is 7. The molecule has 0 fully saturated rings. The van der Waals surface area contributed by atoms with Gasteiger partial charge < -0.3 is 27.9 Å². The number of rotatable bonds is 40. The standard InChI is InChI=1S/C45H84NO7P/c1-6-8-10-12-14-16-18-20-22-23-24-25-27-29-31-33-35-37-40-50-42-44(43-52-54(48,49)51-41-39-46(3,4)5)53-45(47)38-36-34-32-30-28-26-21-19-17-15-13-11-9-7-2/h13-16,19-22,44H,6-12,17-18,23-43H2,1-5H3/b15-13-,16-14-,21-19-,22-20-. The van der Waals surface area contributed by atoms with Crippen LogP contribution in [0, 0.1) is 0 Å². The number of phosphoric ester groups is 1. The van der Waals surface area contributed by atoms with Crippen LogP contribution in [0.25, 0.3) is 0 Å². The summed E-state index contributed by atoms with van der Waals surface area (Å²) in [6.07, 6.45) is 45.4. The Bertz CT molecular complexity index is 1000. The third kappa shape index (κ3) is 41.6. The second kappa shape index (κ2) is 38.3. The molecule has 0 radical (unpaired) electrons. The zero-order chi connectivity index (χ0) is 39.9. The molecule has 0 aliphatic heterocycles. The monoisotopic (exact) mass is 782 g/mol. The second-order valence-corrected chi connectivity index (χ2v) is 17.1. The van der Waals surface area contributed by atoms with Crippen molar-refractivity contribution in [1.29, 1.82) is 0 Å². The summed E-state index contributed by atoms with van der Waals surface area (Å²) < 4.78 is 34.6. The lowest BCUT2D eigenvalue weighted by molar-refractivity contribution is -0.870. The Labute approximate surface area is 333 Å². The van der Waals surface area contributed by atoms with E-state index >= 15 is 0 Å². The maximum Gasteiger partial charge on any atom is 0.306 e. The first-order valence-corrected chi connectivity index (χ1v) is 23.3. The molecule has 316 valence electrons. The number of nitrogens with zero attached hydrogens (tertiary/aromatic N) is 1. The number of phosphoric acid groups is 1. The van der Waals surface area contributed by atoms with Gasteiger partial charge in [0.15, 0.2) is 0 Å². The summed E-state index contributed by atoms with van der Waals surface area (Å²) in [6.45, 7) is 5.31. The molecule has 0 aromatic rings. The number of allylic oxidation sites excluding steroid dienone is 8. The molecule has 0 rings (SSSR count). The Morgan fingerprint density at radius 1 is 0.574 bits per heavy atom. The first-order valence-electron chi connectivity index (χ1n) is 21.9. The van der Waals surface area contributed by atoms with E-state index in [0.717, 1.165) is 64.2 Å². The van der Waals surface area contributed by atoms with Crippen molar-refractivity contribution in [2.24, 2.45) is 0 Å². The molecule has 2 atom stereocenters. The van der Waals surface area contributed by atoms with Crippen LogP contribution in [-0.4, -0.2) is 70.7 Å². The maximum absolute atomic E-state index is 12.7. The highest BCUT2D eigenvalue weighted by Crippen LogP contribution is 2.38. The van der Waals surface area contributed by atoms with Gasteiger partial charge in [-0.05, 0) is 70.6 Å². The van der Waals surface area contributed by atoms with E-state index in [2.05, 4.69) is 62.5 Å². The van der Waals surface area contributed by atoms with Crippen LogP contribution in [-0.2, 0) is 27.9 Å². The molecule has 8 nitrogen and oxygen atoms in total. The number of quaternary nitrogens is 1. The van der Waals surface area contributed by atoms with E-state index in [9.17, 15) is 14.3 Å². The molecule has 0 aliphatic rings. The van der Waals surface area contributed by atoms with Crippen molar-refractivity contribution >= 4 is 13.8 Å². The fourth-order valence-corrected chi connectivity index (χ4v) is 6.38. The van der Waals surface area contributed by atoms with Crippen molar-refractivity contribution in [2.75, 3.05) is 54.1 Å². The van der Waals surface area contributed by atoms with E-state index < -0.39 is 13.9 Å². The number of hydrogen-bond donors (Lipinski definition) is 0. The van der Waals surface area contributed by atoms with E-state index in [0.29, 0.717) is 24.1 Å². The van der Waals surface area contributed by atoms with Gasteiger partial charge in [0.1, 0.15) is 19.3 Å². The number of carbonyl (C=O) groups excluding carboxylic acids is 1. The number of likely N-dealkylation sites (N-methyl/N-ethyl adjacent to an activating group) is 1. The van der Waals surface area contributed by atoms with E-state index in [4.69, 9.17) is 18.5 Å². The highest BCUT2D eigenvalue weighted by molar-refractivity contribution is 7.45. The third-order valence-electron chi connectivity index (χ3n) is 9.10. The summed E-state index contributed by atoms with van der Waals surface area (Å²) in [5.74, 6) is -0.352. The van der Waals surface area contributed by atoms with Crippen molar-refractivity contribution in [3.63, 3.8) is 0 Å². The molecular formula is C45H84NO7P. The summed E-state index contributed by atoms with van der Waals surface area (Å²) in [4.78, 5) is 25.0. The lowest BCUT2D eigenvalue weighted by Gasteiger charge is -2.28. The minimum Gasteiger partial charge on any atom is -0.756 e. The van der Waals surface area contributed by atoms with E-state index in [1.165, 1.54) is 89.9 Å². The molecule has 0 spiro atoms. The van der Waals surface area contributed by atoms with Crippen molar-refractivity contribution in [1.82, 2.24) is 0 Å². The molecule has 0 saturated heterocycles. The lowest BCUT2D eigenvalue weighted by atomic mass is 10.1. The van der Waals surface area contributed by atoms with Gasteiger partial charge in [0.2, 0.25) is 0 Å². The van der Waals surface area contributed by atoms with Gasteiger partial charge in [-0.1, -0.05) is 146 Å². The molecule has 2 unspecified atom stereocenters. The molecule has 0 aromatic carbocycles. The first kappa shape index (κ1) is 52.5. The van der Waals surface area contributed by atoms with Gasteiger partial charge >= 0.3 is 5.97 Å². The summed E-state index contributed by atoms with van der Waals surface area (Å²) in [5, 5.41) is 0. The molecule has 0 N–H and O–H groups in total. The van der Waals surface area contributed by atoms with Gasteiger partial charge in [0.25, 0.3) is 7.82 Å². The zero-order valence-corrected chi connectivity index (χ0v) is 36.6. The molecule has 54 heavy (non-hydrogen) atoms. The minimum atomic E-state index is -4.53. The van der Waals surface area contributed by atoms with Gasteiger partial charge in [0, 0.05) is 13.0 Å². The van der Waals surface area contributed by atoms with Crippen molar-refractivity contribution in [2.45, 2.75) is 180 Å². The zero-order valence-electron chi connectivity index (χ0n) is 35.7. The summed E-state index contributed by atoms with van der Waals surface area (Å²) in [5.41, 5.74) is 0. The van der Waals surface area contributed by atoms with Gasteiger partial charge in [-0.25, -0.2) is 0 Å². The van der Waals surface area contributed by atoms with E-state index in [-0.39, 0.29) is 25.8 Å². The van der Waals surface area contributed by atoms with Crippen LogP contribution in [0.3, 0.4) is 0 Å². The van der Waals surface area contributed by atoms with E-state index in [1.807, 2.05) is 21.1 Å². The fraction of sp³-hybridized carbons (Fsp3) is 0.800. The fourth-order valence-electron chi connectivity index (χ4n) is 5.65. The van der Waals surface area contributed by atoms with Crippen LogP contribution in [0.1, 0.15) is 174 Å². The van der Waals surface area contributed by atoms with Crippen LogP contribution in [0.4, 0.5) is 0 Å². The maximum atomic E-state index is 12.7. The van der Waals surface area contributed by atoms with Crippen LogP contribution >= 0.6 is 7.82 Å². The summed E-state index contributed by atoms with van der Waals surface area (Å²) >= 11 is 0. The smallest absolute Gasteiger partial charge is 0.306 e. The predicted octanol–water partition coefficient (Wildman–Crippen LogP) is 12.1. The number of unbranched alkanes of at least 4 members (excludes halogenated alkanes) is 18. The molecule has 0 aliphatic carbocycles.